The molecule has 9 heteroatoms. The fourth-order valence-electron chi connectivity index (χ4n) is 2.25. The van der Waals surface area contributed by atoms with Crippen LogP contribution in [0.3, 0.4) is 0 Å². The van der Waals surface area contributed by atoms with Crippen LogP contribution in [0.1, 0.15) is 11.1 Å². The van der Waals surface area contributed by atoms with Gasteiger partial charge in [0.1, 0.15) is 6.04 Å². The standard InChI is InChI=1S/C14H17F3N4OS/c15-14(16,17)10-3-1-9(2-4-10)7-20-12(22)11-8-21(13(18)23)6-5-19-11/h1-4,11,19H,5-8H2,(H2,18,23)(H,20,22). The molecule has 0 spiro atoms. The first-order chi connectivity index (χ1) is 10.8. The minimum absolute atomic E-state index is 0.155. The van der Waals surface area contributed by atoms with Gasteiger partial charge in [0.05, 0.1) is 5.56 Å². The molecule has 2 rings (SSSR count). The Bertz CT molecular complexity index is 576. The summed E-state index contributed by atoms with van der Waals surface area (Å²) in [5, 5.41) is 5.99. The number of nitrogens with one attached hydrogen (secondary N) is 2. The average molecular weight is 346 g/mol. The maximum absolute atomic E-state index is 12.5. The van der Waals surface area contributed by atoms with Gasteiger partial charge < -0.3 is 21.3 Å². The van der Waals surface area contributed by atoms with E-state index >= 15 is 0 Å². The van der Waals surface area contributed by atoms with Gasteiger partial charge in [-0.05, 0) is 29.9 Å². The van der Waals surface area contributed by atoms with Crippen molar-refractivity contribution in [2.75, 3.05) is 19.6 Å². The van der Waals surface area contributed by atoms with Crippen molar-refractivity contribution < 1.29 is 18.0 Å². The molecule has 1 fully saturated rings. The molecule has 5 nitrogen and oxygen atoms in total. The smallest absolute Gasteiger partial charge is 0.376 e. The van der Waals surface area contributed by atoms with Crippen LogP contribution in [0.4, 0.5) is 13.2 Å². The molecule has 1 saturated heterocycles. The minimum atomic E-state index is -4.36. The second-order valence-electron chi connectivity index (χ2n) is 5.20. The maximum atomic E-state index is 12.5. The minimum Gasteiger partial charge on any atom is -0.376 e. The highest BCUT2D eigenvalue weighted by molar-refractivity contribution is 7.80. The monoisotopic (exact) mass is 346 g/mol. The Morgan fingerprint density at radius 3 is 2.61 bits per heavy atom. The van der Waals surface area contributed by atoms with Gasteiger partial charge in [-0.3, -0.25) is 4.79 Å². The molecular formula is C14H17F3N4OS. The number of halogens is 3. The molecule has 4 N–H and O–H groups in total. The second kappa shape index (κ2) is 7.14. The highest BCUT2D eigenvalue weighted by atomic mass is 32.1. The van der Waals surface area contributed by atoms with Gasteiger partial charge in [0, 0.05) is 26.2 Å². The average Bonchev–Trinajstić information content (AvgIpc) is 2.52. The molecule has 126 valence electrons. The quantitative estimate of drug-likeness (QED) is 0.708. The number of thiocarbonyl (C=S) groups is 1. The number of hydrogen-bond donors (Lipinski definition) is 3. The van der Waals surface area contributed by atoms with Crippen LogP contribution in [0, 0.1) is 0 Å². The van der Waals surface area contributed by atoms with Crippen molar-refractivity contribution in [2.24, 2.45) is 5.73 Å². The summed E-state index contributed by atoms with van der Waals surface area (Å²) < 4.78 is 37.4. The van der Waals surface area contributed by atoms with Gasteiger partial charge in [-0.1, -0.05) is 12.1 Å². The first kappa shape index (κ1) is 17.5. The largest absolute Gasteiger partial charge is 0.416 e. The molecule has 1 aliphatic heterocycles. The highest BCUT2D eigenvalue weighted by Gasteiger charge is 2.30. The molecule has 0 aliphatic carbocycles. The number of carbonyl (C=O) groups is 1. The Morgan fingerprint density at radius 1 is 1.39 bits per heavy atom. The summed E-state index contributed by atoms with van der Waals surface area (Å²) in [6.07, 6.45) is -4.36. The molecule has 1 aromatic carbocycles. The van der Waals surface area contributed by atoms with Gasteiger partial charge in [0.25, 0.3) is 0 Å². The molecule has 0 radical (unpaired) electrons. The van der Waals surface area contributed by atoms with Crippen LogP contribution in [0.25, 0.3) is 0 Å². The van der Waals surface area contributed by atoms with Gasteiger partial charge >= 0.3 is 6.18 Å². The van der Waals surface area contributed by atoms with Crippen LogP contribution < -0.4 is 16.4 Å². The summed E-state index contributed by atoms with van der Waals surface area (Å²) in [7, 11) is 0. The van der Waals surface area contributed by atoms with Gasteiger partial charge in [0.2, 0.25) is 5.91 Å². The van der Waals surface area contributed by atoms with E-state index in [4.69, 9.17) is 18.0 Å². The molecule has 1 aromatic rings. The summed E-state index contributed by atoms with van der Waals surface area (Å²) in [6, 6.07) is 4.22. The van der Waals surface area contributed by atoms with Crippen molar-refractivity contribution >= 4 is 23.2 Å². The summed E-state index contributed by atoms with van der Waals surface area (Å²) in [6.45, 7) is 1.74. The van der Waals surface area contributed by atoms with E-state index in [0.717, 1.165) is 12.1 Å². The van der Waals surface area contributed by atoms with Gasteiger partial charge in [-0.15, -0.1) is 0 Å². The van der Waals surface area contributed by atoms with Crippen LogP contribution in [0.5, 0.6) is 0 Å². The van der Waals surface area contributed by atoms with E-state index in [1.807, 2.05) is 0 Å². The van der Waals surface area contributed by atoms with E-state index in [0.29, 0.717) is 25.2 Å². The Morgan fingerprint density at radius 2 is 2.04 bits per heavy atom. The number of nitrogens with two attached hydrogens (primary N) is 1. The number of alkyl halides is 3. The number of nitrogens with zero attached hydrogens (tertiary/aromatic N) is 1. The molecule has 0 aromatic heterocycles. The number of hydrogen-bond acceptors (Lipinski definition) is 3. The molecule has 1 atom stereocenters. The molecular weight excluding hydrogens is 329 g/mol. The fraction of sp³-hybridized carbons (Fsp3) is 0.429. The zero-order chi connectivity index (χ0) is 17.0. The Labute approximate surface area is 137 Å². The molecule has 1 heterocycles. The number of piperazine rings is 1. The number of rotatable bonds is 3. The predicted octanol–water partition coefficient (Wildman–Crippen LogP) is 0.839. The first-order valence-corrected chi connectivity index (χ1v) is 7.40. The van der Waals surface area contributed by atoms with Crippen molar-refractivity contribution in [3.63, 3.8) is 0 Å². The number of carbonyl (C=O) groups excluding carboxylic acids is 1. The van der Waals surface area contributed by atoms with Crippen molar-refractivity contribution in [3.8, 4) is 0 Å². The first-order valence-electron chi connectivity index (χ1n) is 6.99. The van der Waals surface area contributed by atoms with Crippen molar-refractivity contribution in [1.29, 1.82) is 0 Å². The lowest BCUT2D eigenvalue weighted by atomic mass is 10.1. The molecule has 1 amide bonds. The molecule has 0 saturated carbocycles. The van der Waals surface area contributed by atoms with E-state index in [1.165, 1.54) is 12.1 Å². The summed E-state index contributed by atoms with van der Waals surface area (Å²) >= 11 is 4.89. The van der Waals surface area contributed by atoms with Crippen molar-refractivity contribution in [1.82, 2.24) is 15.5 Å². The van der Waals surface area contributed by atoms with E-state index in [1.54, 1.807) is 4.90 Å². The summed E-state index contributed by atoms with van der Waals surface area (Å²) in [5.74, 6) is -0.245. The summed E-state index contributed by atoms with van der Waals surface area (Å²) in [5.41, 5.74) is 5.43. The Kier molecular flexibility index (Phi) is 5.42. The number of benzene rings is 1. The van der Waals surface area contributed by atoms with E-state index < -0.39 is 17.8 Å². The third kappa shape index (κ3) is 4.80. The van der Waals surface area contributed by atoms with E-state index in [9.17, 15) is 18.0 Å². The third-order valence-electron chi connectivity index (χ3n) is 3.55. The van der Waals surface area contributed by atoms with Crippen molar-refractivity contribution in [3.05, 3.63) is 35.4 Å². The lowest BCUT2D eigenvalue weighted by Gasteiger charge is -2.33. The molecule has 0 bridgehead atoms. The normalized spacial score (nSPS) is 18.6. The van der Waals surface area contributed by atoms with Gasteiger partial charge in [-0.2, -0.15) is 13.2 Å². The van der Waals surface area contributed by atoms with Crippen LogP contribution in [0.15, 0.2) is 24.3 Å². The maximum Gasteiger partial charge on any atom is 0.416 e. The molecule has 1 unspecified atom stereocenters. The summed E-state index contributed by atoms with van der Waals surface area (Å²) in [4.78, 5) is 13.8. The predicted molar refractivity (Wildman–Crippen MR) is 83.4 cm³/mol. The number of amides is 1. The molecule has 23 heavy (non-hydrogen) atoms. The topological polar surface area (TPSA) is 70.4 Å². The lowest BCUT2D eigenvalue weighted by molar-refractivity contribution is -0.137. The molecule has 1 aliphatic rings. The zero-order valence-electron chi connectivity index (χ0n) is 12.2. The second-order valence-corrected chi connectivity index (χ2v) is 5.62. The van der Waals surface area contributed by atoms with Gasteiger partial charge in [0.15, 0.2) is 5.11 Å². The van der Waals surface area contributed by atoms with Crippen molar-refractivity contribution in [2.45, 2.75) is 18.8 Å². The van der Waals surface area contributed by atoms with Crippen LogP contribution >= 0.6 is 12.2 Å². The van der Waals surface area contributed by atoms with Crippen LogP contribution in [-0.2, 0) is 17.5 Å². The van der Waals surface area contributed by atoms with Crippen LogP contribution in [0.2, 0.25) is 0 Å². The van der Waals surface area contributed by atoms with E-state index in [2.05, 4.69) is 10.6 Å². The zero-order valence-corrected chi connectivity index (χ0v) is 13.0. The highest BCUT2D eigenvalue weighted by Crippen LogP contribution is 2.29. The van der Waals surface area contributed by atoms with E-state index in [-0.39, 0.29) is 17.6 Å². The SMILES string of the molecule is NC(=S)N1CCNC(C(=O)NCc2ccc(C(F)(F)F)cc2)C1. The lowest BCUT2D eigenvalue weighted by Crippen LogP contribution is -2.59. The van der Waals surface area contributed by atoms with Gasteiger partial charge in [-0.25, -0.2) is 0 Å². The Hall–Kier alpha value is -1.87. The fourth-order valence-corrected chi connectivity index (χ4v) is 2.42. The third-order valence-corrected chi connectivity index (χ3v) is 3.81. The van der Waals surface area contributed by atoms with Crippen LogP contribution in [-0.4, -0.2) is 41.6 Å². The Balaban J connectivity index is 1.88.